The SMILES string of the molecule is Cc1nnc(-c2c(N)ncnc2NC(C)c2nc3cccc(Cl)c3c(=O)n2C2CC2CO)o1. The Morgan fingerprint density at radius 3 is 2.88 bits per heavy atom. The summed E-state index contributed by atoms with van der Waals surface area (Å²) < 4.78 is 7.15. The van der Waals surface area contributed by atoms with Crippen molar-refractivity contribution in [1.82, 2.24) is 29.7 Å². The van der Waals surface area contributed by atoms with E-state index < -0.39 is 6.04 Å². The Morgan fingerprint density at radius 1 is 1.36 bits per heavy atom. The van der Waals surface area contributed by atoms with Gasteiger partial charge in [-0.1, -0.05) is 17.7 Å². The molecule has 1 aromatic carbocycles. The topological polar surface area (TPSA) is 158 Å². The summed E-state index contributed by atoms with van der Waals surface area (Å²) in [7, 11) is 0. The Balaban J connectivity index is 1.62. The van der Waals surface area contributed by atoms with Gasteiger partial charge in [0.15, 0.2) is 0 Å². The normalized spacial score (nSPS) is 18.4. The number of anilines is 2. The summed E-state index contributed by atoms with van der Waals surface area (Å²) in [6, 6.07) is 4.52. The lowest BCUT2D eigenvalue weighted by Crippen LogP contribution is -2.29. The minimum absolute atomic E-state index is 0.0119. The summed E-state index contributed by atoms with van der Waals surface area (Å²) in [5.74, 6) is 1.56. The summed E-state index contributed by atoms with van der Waals surface area (Å²) >= 11 is 6.33. The van der Waals surface area contributed by atoms with Crippen molar-refractivity contribution in [1.29, 1.82) is 0 Å². The van der Waals surface area contributed by atoms with Crippen molar-refractivity contribution in [3.8, 4) is 11.5 Å². The lowest BCUT2D eigenvalue weighted by Gasteiger charge is -2.21. The van der Waals surface area contributed by atoms with E-state index in [9.17, 15) is 9.90 Å². The predicted molar refractivity (Wildman–Crippen MR) is 122 cm³/mol. The molecule has 3 aromatic heterocycles. The van der Waals surface area contributed by atoms with Crippen molar-refractivity contribution in [2.75, 3.05) is 17.7 Å². The predicted octanol–water partition coefficient (Wildman–Crippen LogP) is 2.51. The van der Waals surface area contributed by atoms with E-state index in [0.29, 0.717) is 45.4 Å². The Kier molecular flexibility index (Phi) is 5.22. The molecule has 0 saturated heterocycles. The number of aryl methyl sites for hydroxylation is 1. The van der Waals surface area contributed by atoms with Crippen molar-refractivity contribution in [3.63, 3.8) is 0 Å². The Hall–Kier alpha value is -3.57. The molecule has 4 aromatic rings. The molecule has 1 fully saturated rings. The fourth-order valence-corrected chi connectivity index (χ4v) is 4.23. The van der Waals surface area contributed by atoms with Crippen LogP contribution in [0.5, 0.6) is 0 Å². The van der Waals surface area contributed by atoms with Gasteiger partial charge >= 0.3 is 0 Å². The first-order chi connectivity index (χ1) is 15.9. The summed E-state index contributed by atoms with van der Waals surface area (Å²) in [6.07, 6.45) is 2.00. The maximum absolute atomic E-state index is 13.5. The van der Waals surface area contributed by atoms with E-state index in [1.54, 1.807) is 29.7 Å². The van der Waals surface area contributed by atoms with E-state index in [0.717, 1.165) is 0 Å². The molecule has 3 atom stereocenters. The molecular formula is C21H21ClN8O3. The number of aliphatic hydroxyl groups is 1. The van der Waals surface area contributed by atoms with Crippen molar-refractivity contribution in [2.24, 2.45) is 5.92 Å². The first kappa shape index (κ1) is 21.3. The highest BCUT2D eigenvalue weighted by molar-refractivity contribution is 6.35. The first-order valence-electron chi connectivity index (χ1n) is 10.4. The van der Waals surface area contributed by atoms with Gasteiger partial charge in [0, 0.05) is 25.5 Å². The number of hydrogen-bond donors (Lipinski definition) is 3. The molecule has 1 aliphatic rings. The third kappa shape index (κ3) is 3.68. The second-order valence-corrected chi connectivity index (χ2v) is 8.41. The highest BCUT2D eigenvalue weighted by atomic mass is 35.5. The minimum Gasteiger partial charge on any atom is -0.421 e. The lowest BCUT2D eigenvalue weighted by atomic mass is 10.2. The number of halogens is 1. The zero-order valence-corrected chi connectivity index (χ0v) is 18.6. The van der Waals surface area contributed by atoms with Gasteiger partial charge in [0.05, 0.1) is 22.0 Å². The maximum atomic E-state index is 13.5. The second-order valence-electron chi connectivity index (χ2n) is 8.00. The molecule has 0 aliphatic heterocycles. The summed E-state index contributed by atoms with van der Waals surface area (Å²) in [5, 5.41) is 21.5. The van der Waals surface area contributed by atoms with Gasteiger partial charge in [-0.2, -0.15) is 0 Å². The monoisotopic (exact) mass is 468 g/mol. The van der Waals surface area contributed by atoms with E-state index in [2.05, 4.69) is 25.5 Å². The molecule has 0 radical (unpaired) electrons. The molecule has 5 rings (SSSR count). The number of fused-ring (bicyclic) bond motifs is 1. The van der Waals surface area contributed by atoms with Crippen LogP contribution < -0.4 is 16.6 Å². The van der Waals surface area contributed by atoms with Crippen LogP contribution in [0.25, 0.3) is 22.4 Å². The molecule has 0 amide bonds. The van der Waals surface area contributed by atoms with Gasteiger partial charge in [-0.25, -0.2) is 15.0 Å². The van der Waals surface area contributed by atoms with Gasteiger partial charge in [0.25, 0.3) is 11.4 Å². The molecule has 170 valence electrons. The van der Waals surface area contributed by atoms with E-state index in [-0.39, 0.29) is 35.8 Å². The molecule has 1 saturated carbocycles. The number of aliphatic hydroxyl groups excluding tert-OH is 1. The summed E-state index contributed by atoms with van der Waals surface area (Å²) in [5.41, 5.74) is 6.69. The summed E-state index contributed by atoms with van der Waals surface area (Å²) in [4.78, 5) is 26.6. The average Bonchev–Trinajstić information content (AvgIpc) is 3.44. The zero-order chi connectivity index (χ0) is 23.3. The zero-order valence-electron chi connectivity index (χ0n) is 17.9. The number of nitrogens with one attached hydrogen (secondary N) is 1. The molecule has 3 unspecified atom stereocenters. The number of nitrogen functional groups attached to an aromatic ring is 1. The van der Waals surface area contributed by atoms with Crippen LogP contribution in [0.2, 0.25) is 5.02 Å². The van der Waals surface area contributed by atoms with Crippen LogP contribution in [-0.2, 0) is 0 Å². The molecule has 12 heteroatoms. The lowest BCUT2D eigenvalue weighted by molar-refractivity contribution is 0.267. The largest absolute Gasteiger partial charge is 0.421 e. The van der Waals surface area contributed by atoms with E-state index >= 15 is 0 Å². The Bertz CT molecular complexity index is 1420. The van der Waals surface area contributed by atoms with Gasteiger partial charge in [0.1, 0.15) is 29.4 Å². The molecule has 0 bridgehead atoms. The van der Waals surface area contributed by atoms with Crippen molar-refractivity contribution >= 4 is 34.1 Å². The average molecular weight is 469 g/mol. The number of nitrogens with zero attached hydrogens (tertiary/aromatic N) is 6. The van der Waals surface area contributed by atoms with Crippen LogP contribution in [0, 0.1) is 12.8 Å². The molecule has 1 aliphatic carbocycles. The molecular weight excluding hydrogens is 448 g/mol. The number of hydrogen-bond acceptors (Lipinski definition) is 10. The number of nitrogens with two attached hydrogens (primary N) is 1. The van der Waals surface area contributed by atoms with Crippen LogP contribution in [0.15, 0.2) is 33.7 Å². The third-order valence-electron chi connectivity index (χ3n) is 5.71. The van der Waals surface area contributed by atoms with Gasteiger partial charge in [-0.15, -0.1) is 10.2 Å². The fraction of sp³-hybridized carbons (Fsp3) is 0.333. The van der Waals surface area contributed by atoms with E-state index in [1.165, 1.54) is 6.33 Å². The fourth-order valence-electron chi connectivity index (χ4n) is 3.98. The molecule has 11 nitrogen and oxygen atoms in total. The van der Waals surface area contributed by atoms with Gasteiger partial charge < -0.3 is 20.6 Å². The van der Waals surface area contributed by atoms with Crippen LogP contribution >= 0.6 is 11.6 Å². The number of benzene rings is 1. The maximum Gasteiger partial charge on any atom is 0.263 e. The van der Waals surface area contributed by atoms with Crippen LogP contribution in [0.1, 0.15) is 37.1 Å². The van der Waals surface area contributed by atoms with E-state index in [1.807, 2.05) is 6.92 Å². The number of rotatable bonds is 6. The summed E-state index contributed by atoms with van der Waals surface area (Å²) in [6.45, 7) is 3.51. The molecule has 4 N–H and O–H groups in total. The number of aromatic nitrogens is 6. The Morgan fingerprint density at radius 2 is 2.18 bits per heavy atom. The van der Waals surface area contributed by atoms with Crippen molar-refractivity contribution in [2.45, 2.75) is 32.4 Å². The van der Waals surface area contributed by atoms with Gasteiger partial charge in [-0.05, 0) is 25.5 Å². The van der Waals surface area contributed by atoms with Crippen LogP contribution in [0.3, 0.4) is 0 Å². The minimum atomic E-state index is -0.474. The van der Waals surface area contributed by atoms with Gasteiger partial charge in [0.2, 0.25) is 5.89 Å². The van der Waals surface area contributed by atoms with Crippen molar-refractivity contribution in [3.05, 3.63) is 51.6 Å². The van der Waals surface area contributed by atoms with E-state index in [4.69, 9.17) is 26.7 Å². The molecule has 0 spiro atoms. The van der Waals surface area contributed by atoms with Crippen LogP contribution in [-0.4, -0.2) is 41.4 Å². The van der Waals surface area contributed by atoms with Gasteiger partial charge in [-0.3, -0.25) is 9.36 Å². The second kappa shape index (κ2) is 8.09. The highest BCUT2D eigenvalue weighted by Gasteiger charge is 2.41. The smallest absolute Gasteiger partial charge is 0.263 e. The Labute approximate surface area is 192 Å². The quantitative estimate of drug-likeness (QED) is 0.383. The highest BCUT2D eigenvalue weighted by Crippen LogP contribution is 2.43. The van der Waals surface area contributed by atoms with Crippen LogP contribution in [0.4, 0.5) is 11.6 Å². The third-order valence-corrected chi connectivity index (χ3v) is 6.03. The molecule has 33 heavy (non-hydrogen) atoms. The first-order valence-corrected chi connectivity index (χ1v) is 10.8. The van der Waals surface area contributed by atoms with Crippen molar-refractivity contribution < 1.29 is 9.52 Å². The molecule has 3 heterocycles. The standard InChI is InChI=1S/C21H21ClN8O3/c1-9(26-18-16(17(23)24-8-25-18)20-29-28-10(2)33-20)19-27-13-5-3-4-12(22)15(13)21(32)30(19)14-6-11(14)7-31/h3-5,8-9,11,14,31H,6-7H2,1-2H3,(H3,23,24,25,26).